The average molecular weight is 342 g/mol. The lowest BCUT2D eigenvalue weighted by Gasteiger charge is -2.14. The summed E-state index contributed by atoms with van der Waals surface area (Å²) in [6, 6.07) is 15.5. The molecule has 2 aromatic rings. The minimum Gasteiger partial charge on any atom is -0.490 e. The number of hydrogen-bond acceptors (Lipinski definition) is 4. The van der Waals surface area contributed by atoms with Gasteiger partial charge in [0.25, 0.3) is 5.91 Å². The first kappa shape index (κ1) is 18.8. The molecular weight excluding hydrogens is 316 g/mol. The standard InChI is InChI=1S/C20H26N2O3/c1-4-24-19-12-16(13-21-15(2)3)10-11-18(19)25-14-20(23)22-17-8-6-5-7-9-17/h5-12,15,21H,4,13-14H2,1-3H3,(H,22,23). The molecule has 0 aliphatic carbocycles. The maximum atomic E-state index is 12.0. The molecule has 0 fully saturated rings. The van der Waals surface area contributed by atoms with Crippen molar-refractivity contribution in [2.24, 2.45) is 0 Å². The zero-order valence-electron chi connectivity index (χ0n) is 15.0. The first-order valence-corrected chi connectivity index (χ1v) is 8.55. The maximum absolute atomic E-state index is 12.0. The minimum absolute atomic E-state index is 0.0709. The van der Waals surface area contributed by atoms with E-state index in [1.54, 1.807) is 0 Å². The van der Waals surface area contributed by atoms with Crippen LogP contribution >= 0.6 is 0 Å². The third kappa shape index (κ3) is 6.47. The highest BCUT2D eigenvalue weighted by Crippen LogP contribution is 2.28. The van der Waals surface area contributed by atoms with Gasteiger partial charge in [0.15, 0.2) is 18.1 Å². The summed E-state index contributed by atoms with van der Waals surface area (Å²) in [6.07, 6.45) is 0. The zero-order valence-corrected chi connectivity index (χ0v) is 15.0. The normalized spacial score (nSPS) is 10.6. The maximum Gasteiger partial charge on any atom is 0.262 e. The summed E-state index contributed by atoms with van der Waals surface area (Å²) in [4.78, 5) is 12.0. The molecule has 5 heteroatoms. The third-order valence-corrected chi connectivity index (χ3v) is 3.44. The van der Waals surface area contributed by atoms with Crippen LogP contribution in [0.2, 0.25) is 0 Å². The molecule has 2 N–H and O–H groups in total. The number of para-hydroxylation sites is 1. The molecule has 0 radical (unpaired) electrons. The summed E-state index contributed by atoms with van der Waals surface area (Å²) < 4.78 is 11.3. The molecule has 1 amide bonds. The van der Waals surface area contributed by atoms with Crippen LogP contribution in [0, 0.1) is 0 Å². The van der Waals surface area contributed by atoms with Crippen LogP contribution in [0.15, 0.2) is 48.5 Å². The van der Waals surface area contributed by atoms with Crippen molar-refractivity contribution in [3.63, 3.8) is 0 Å². The van der Waals surface area contributed by atoms with Crippen molar-refractivity contribution in [2.75, 3.05) is 18.5 Å². The second kappa shape index (κ2) is 9.69. The highest BCUT2D eigenvalue weighted by Gasteiger charge is 2.10. The Bertz CT molecular complexity index is 672. The fourth-order valence-electron chi connectivity index (χ4n) is 2.23. The van der Waals surface area contributed by atoms with E-state index >= 15 is 0 Å². The van der Waals surface area contributed by atoms with Crippen LogP contribution in [0.3, 0.4) is 0 Å². The quantitative estimate of drug-likeness (QED) is 0.731. The molecule has 25 heavy (non-hydrogen) atoms. The van der Waals surface area contributed by atoms with Gasteiger partial charge in [0, 0.05) is 18.3 Å². The fourth-order valence-corrected chi connectivity index (χ4v) is 2.23. The van der Waals surface area contributed by atoms with Crippen LogP contribution in [0.1, 0.15) is 26.3 Å². The molecule has 0 atom stereocenters. The number of ether oxygens (including phenoxy) is 2. The monoisotopic (exact) mass is 342 g/mol. The summed E-state index contributed by atoms with van der Waals surface area (Å²) in [7, 11) is 0. The highest BCUT2D eigenvalue weighted by molar-refractivity contribution is 5.91. The van der Waals surface area contributed by atoms with Gasteiger partial charge in [-0.15, -0.1) is 0 Å². The predicted octanol–water partition coefficient (Wildman–Crippen LogP) is 3.60. The van der Waals surface area contributed by atoms with Crippen molar-refractivity contribution < 1.29 is 14.3 Å². The van der Waals surface area contributed by atoms with Gasteiger partial charge in [-0.25, -0.2) is 0 Å². The molecule has 5 nitrogen and oxygen atoms in total. The first-order valence-electron chi connectivity index (χ1n) is 8.55. The molecule has 2 rings (SSSR count). The Balaban J connectivity index is 1.96. The largest absolute Gasteiger partial charge is 0.490 e. The summed E-state index contributed by atoms with van der Waals surface area (Å²) >= 11 is 0. The molecule has 0 aromatic heterocycles. The summed E-state index contributed by atoms with van der Waals surface area (Å²) in [5.41, 5.74) is 1.86. The van der Waals surface area contributed by atoms with E-state index in [4.69, 9.17) is 9.47 Å². The lowest BCUT2D eigenvalue weighted by atomic mass is 10.2. The average Bonchev–Trinajstić information content (AvgIpc) is 2.60. The highest BCUT2D eigenvalue weighted by atomic mass is 16.5. The van der Waals surface area contributed by atoms with Crippen molar-refractivity contribution in [3.8, 4) is 11.5 Å². The Morgan fingerprint density at radius 1 is 1.04 bits per heavy atom. The summed E-state index contributed by atoms with van der Waals surface area (Å²) in [5.74, 6) is 1.01. The van der Waals surface area contributed by atoms with Crippen LogP contribution in [-0.4, -0.2) is 25.2 Å². The van der Waals surface area contributed by atoms with Gasteiger partial charge in [0.1, 0.15) is 0 Å². The van der Waals surface area contributed by atoms with Gasteiger partial charge in [-0.3, -0.25) is 4.79 Å². The van der Waals surface area contributed by atoms with E-state index in [1.165, 1.54) is 0 Å². The smallest absolute Gasteiger partial charge is 0.262 e. The van der Waals surface area contributed by atoms with Crippen molar-refractivity contribution in [1.82, 2.24) is 5.32 Å². The second-order valence-electron chi connectivity index (χ2n) is 5.95. The van der Waals surface area contributed by atoms with Crippen molar-refractivity contribution in [1.29, 1.82) is 0 Å². The van der Waals surface area contributed by atoms with Crippen molar-refractivity contribution >= 4 is 11.6 Å². The topological polar surface area (TPSA) is 59.6 Å². The van der Waals surface area contributed by atoms with E-state index in [1.807, 2.05) is 55.5 Å². The number of rotatable bonds is 9. The van der Waals surface area contributed by atoms with Crippen LogP contribution < -0.4 is 20.1 Å². The Hall–Kier alpha value is -2.53. The van der Waals surface area contributed by atoms with Crippen LogP contribution in [0.5, 0.6) is 11.5 Å². The van der Waals surface area contributed by atoms with E-state index in [9.17, 15) is 4.79 Å². The number of hydrogen-bond donors (Lipinski definition) is 2. The van der Waals surface area contributed by atoms with Crippen molar-refractivity contribution in [3.05, 3.63) is 54.1 Å². The molecule has 134 valence electrons. The number of carbonyl (C=O) groups is 1. The SMILES string of the molecule is CCOc1cc(CNC(C)C)ccc1OCC(=O)Nc1ccccc1. The Morgan fingerprint density at radius 2 is 1.80 bits per heavy atom. The van der Waals surface area contributed by atoms with E-state index in [-0.39, 0.29) is 12.5 Å². The predicted molar refractivity (Wildman–Crippen MR) is 100 cm³/mol. The number of anilines is 1. The van der Waals surface area contributed by atoms with E-state index in [0.29, 0.717) is 24.1 Å². The molecule has 0 saturated heterocycles. The third-order valence-electron chi connectivity index (χ3n) is 3.44. The molecular formula is C20H26N2O3. The van der Waals surface area contributed by atoms with Crippen molar-refractivity contribution in [2.45, 2.75) is 33.4 Å². The fraction of sp³-hybridized carbons (Fsp3) is 0.350. The van der Waals surface area contributed by atoms with E-state index < -0.39 is 0 Å². The van der Waals surface area contributed by atoms with Gasteiger partial charge >= 0.3 is 0 Å². The molecule has 0 saturated carbocycles. The Kier molecular flexibility index (Phi) is 7.29. The van der Waals surface area contributed by atoms with Crippen LogP contribution in [0.25, 0.3) is 0 Å². The molecule has 0 spiro atoms. The number of benzene rings is 2. The lowest BCUT2D eigenvalue weighted by molar-refractivity contribution is -0.118. The van der Waals surface area contributed by atoms with Crippen LogP contribution in [-0.2, 0) is 11.3 Å². The zero-order chi connectivity index (χ0) is 18.1. The van der Waals surface area contributed by atoms with Gasteiger partial charge in [-0.2, -0.15) is 0 Å². The Morgan fingerprint density at radius 3 is 2.48 bits per heavy atom. The lowest BCUT2D eigenvalue weighted by Crippen LogP contribution is -2.22. The first-order chi connectivity index (χ1) is 12.1. The molecule has 0 bridgehead atoms. The number of amides is 1. The summed E-state index contributed by atoms with van der Waals surface area (Å²) in [5, 5.41) is 6.16. The molecule has 2 aromatic carbocycles. The minimum atomic E-state index is -0.209. The Labute approximate surface area is 149 Å². The van der Waals surface area contributed by atoms with E-state index in [0.717, 1.165) is 17.8 Å². The molecule has 0 aliphatic rings. The molecule has 0 aliphatic heterocycles. The molecule has 0 unspecified atom stereocenters. The van der Waals surface area contributed by atoms with E-state index in [2.05, 4.69) is 24.5 Å². The van der Waals surface area contributed by atoms with Gasteiger partial charge in [-0.1, -0.05) is 38.1 Å². The number of nitrogens with one attached hydrogen (secondary N) is 2. The van der Waals surface area contributed by atoms with Gasteiger partial charge in [0.2, 0.25) is 0 Å². The van der Waals surface area contributed by atoms with Crippen LogP contribution in [0.4, 0.5) is 5.69 Å². The second-order valence-corrected chi connectivity index (χ2v) is 5.95. The van der Waals surface area contributed by atoms with Gasteiger partial charge in [0.05, 0.1) is 6.61 Å². The molecule has 0 heterocycles. The summed E-state index contributed by atoms with van der Waals surface area (Å²) in [6.45, 7) is 7.35. The van der Waals surface area contributed by atoms with Gasteiger partial charge < -0.3 is 20.1 Å². The van der Waals surface area contributed by atoms with Gasteiger partial charge in [-0.05, 0) is 36.8 Å². The number of carbonyl (C=O) groups excluding carboxylic acids is 1.